The number of anilines is 1. The Labute approximate surface area is 239 Å². The van der Waals surface area contributed by atoms with Crippen LogP contribution in [0.4, 0.5) is 19.3 Å². The topological polar surface area (TPSA) is 70.4 Å². The molecule has 0 spiro atoms. The van der Waals surface area contributed by atoms with E-state index < -0.39 is 5.92 Å². The van der Waals surface area contributed by atoms with Gasteiger partial charge in [0.25, 0.3) is 5.92 Å². The highest BCUT2D eigenvalue weighted by Gasteiger charge is 2.36. The third-order valence-corrected chi connectivity index (χ3v) is 8.54. The standard InChI is InChI=1S/C31H39F2N5O3/c1-5-31(32,33)20-35-11-8-23(15-22(35)3)16-24-9-13-38-26(17-24)27(18-34-38)36-12-10-29(39)37(30(36)40)19-25-7-6-21(2)14-28(25)41-4/h6-7,9,13-14,17-18,22-23H,5,8,10-12,15-16,19-20H2,1-4H3/t22-,23+/m0/s1. The molecule has 2 aliphatic heterocycles. The zero-order valence-electron chi connectivity index (χ0n) is 24.3. The van der Waals surface area contributed by atoms with Gasteiger partial charge in [-0.05, 0) is 74.9 Å². The summed E-state index contributed by atoms with van der Waals surface area (Å²) in [5.41, 5.74) is 4.37. The van der Waals surface area contributed by atoms with E-state index in [1.165, 1.54) is 11.8 Å². The molecule has 0 unspecified atom stereocenters. The number of alkyl halides is 2. The van der Waals surface area contributed by atoms with Gasteiger partial charge in [0.15, 0.2) is 0 Å². The molecule has 2 aromatic heterocycles. The molecule has 3 amide bonds. The average molecular weight is 568 g/mol. The van der Waals surface area contributed by atoms with Gasteiger partial charge in [-0.25, -0.2) is 18.1 Å². The first-order valence-corrected chi connectivity index (χ1v) is 14.4. The number of piperidine rings is 1. The lowest BCUT2D eigenvalue weighted by Gasteiger charge is -2.39. The monoisotopic (exact) mass is 567 g/mol. The number of fused-ring (bicyclic) bond motifs is 1. The van der Waals surface area contributed by atoms with E-state index in [1.54, 1.807) is 22.7 Å². The molecule has 1 aromatic carbocycles. The van der Waals surface area contributed by atoms with Crippen LogP contribution in [0, 0.1) is 12.8 Å². The molecule has 2 fully saturated rings. The van der Waals surface area contributed by atoms with Crippen molar-refractivity contribution in [3.05, 3.63) is 59.4 Å². The number of halogens is 2. The van der Waals surface area contributed by atoms with Gasteiger partial charge < -0.3 is 4.74 Å². The van der Waals surface area contributed by atoms with E-state index >= 15 is 0 Å². The van der Waals surface area contributed by atoms with Crippen LogP contribution in [0.25, 0.3) is 5.52 Å². The summed E-state index contributed by atoms with van der Waals surface area (Å²) >= 11 is 0. The second-order valence-electron chi connectivity index (χ2n) is 11.5. The number of likely N-dealkylation sites (tertiary alicyclic amines) is 1. The summed E-state index contributed by atoms with van der Waals surface area (Å²) in [5.74, 6) is -1.84. The second-order valence-corrected chi connectivity index (χ2v) is 11.5. The molecule has 2 aliphatic rings. The predicted molar refractivity (Wildman–Crippen MR) is 154 cm³/mol. The van der Waals surface area contributed by atoms with Gasteiger partial charge in [-0.3, -0.25) is 19.5 Å². The zero-order valence-corrected chi connectivity index (χ0v) is 24.3. The predicted octanol–water partition coefficient (Wildman–Crippen LogP) is 5.70. The molecule has 5 rings (SSSR count). The normalized spacial score (nSPS) is 20.7. The van der Waals surface area contributed by atoms with E-state index in [-0.39, 0.29) is 50.5 Å². The van der Waals surface area contributed by atoms with Crippen molar-refractivity contribution >= 4 is 23.1 Å². The van der Waals surface area contributed by atoms with Crippen LogP contribution in [0.1, 0.15) is 56.2 Å². The van der Waals surface area contributed by atoms with Crippen LogP contribution in [0.5, 0.6) is 5.75 Å². The molecule has 0 N–H and O–H groups in total. The number of amides is 3. The molecule has 220 valence electrons. The molecular weight excluding hydrogens is 528 g/mol. The highest BCUT2D eigenvalue weighted by molar-refractivity contribution is 6.07. The Balaban J connectivity index is 1.31. The number of aromatic nitrogens is 2. The number of rotatable bonds is 9. The molecule has 41 heavy (non-hydrogen) atoms. The van der Waals surface area contributed by atoms with Crippen LogP contribution >= 0.6 is 0 Å². The number of nitrogens with zero attached hydrogens (tertiary/aromatic N) is 5. The maximum atomic E-state index is 14.0. The van der Waals surface area contributed by atoms with Gasteiger partial charge in [-0.2, -0.15) is 5.10 Å². The number of carbonyl (C=O) groups excluding carboxylic acids is 2. The molecule has 0 aliphatic carbocycles. The van der Waals surface area contributed by atoms with Gasteiger partial charge in [0.2, 0.25) is 5.91 Å². The summed E-state index contributed by atoms with van der Waals surface area (Å²) in [7, 11) is 1.58. The Kier molecular flexibility index (Phi) is 8.31. The molecule has 10 heteroatoms. The molecule has 0 saturated carbocycles. The summed E-state index contributed by atoms with van der Waals surface area (Å²) in [6.07, 6.45) is 6.19. The number of benzene rings is 1. The highest BCUT2D eigenvalue weighted by Crippen LogP contribution is 2.32. The van der Waals surface area contributed by atoms with E-state index in [2.05, 4.69) is 11.2 Å². The van der Waals surface area contributed by atoms with Gasteiger partial charge in [0.1, 0.15) is 5.75 Å². The first-order chi connectivity index (χ1) is 19.6. The lowest BCUT2D eigenvalue weighted by molar-refractivity contribution is -0.129. The Morgan fingerprint density at radius 3 is 2.68 bits per heavy atom. The molecule has 8 nitrogen and oxygen atoms in total. The van der Waals surface area contributed by atoms with Crippen molar-refractivity contribution in [2.24, 2.45) is 5.92 Å². The van der Waals surface area contributed by atoms with Crippen molar-refractivity contribution in [2.75, 3.05) is 31.6 Å². The van der Waals surface area contributed by atoms with Crippen LogP contribution in [0.2, 0.25) is 0 Å². The van der Waals surface area contributed by atoms with Gasteiger partial charge >= 0.3 is 6.03 Å². The molecule has 2 saturated heterocycles. The number of urea groups is 1. The third-order valence-electron chi connectivity index (χ3n) is 8.54. The van der Waals surface area contributed by atoms with Crippen molar-refractivity contribution in [3.63, 3.8) is 0 Å². The van der Waals surface area contributed by atoms with Crippen LogP contribution < -0.4 is 9.64 Å². The van der Waals surface area contributed by atoms with E-state index in [0.717, 1.165) is 41.5 Å². The Hall–Kier alpha value is -3.53. The summed E-state index contributed by atoms with van der Waals surface area (Å²) in [6, 6.07) is 9.52. The van der Waals surface area contributed by atoms with E-state index in [1.807, 2.05) is 49.2 Å². The number of imide groups is 1. The SMILES string of the molecule is CCC(F)(F)CN1CC[C@@H](Cc2ccn3ncc(N4CCC(=O)N(Cc5ccc(C)cc5OC)C4=O)c3c2)C[C@@H]1C. The summed E-state index contributed by atoms with van der Waals surface area (Å²) < 4.78 is 35.2. The van der Waals surface area contributed by atoms with Crippen molar-refractivity contribution in [1.82, 2.24) is 19.4 Å². The van der Waals surface area contributed by atoms with Crippen molar-refractivity contribution < 1.29 is 23.1 Å². The lowest BCUT2D eigenvalue weighted by Crippen LogP contribution is -2.52. The highest BCUT2D eigenvalue weighted by atomic mass is 19.3. The van der Waals surface area contributed by atoms with Crippen LogP contribution in [0.3, 0.4) is 0 Å². The van der Waals surface area contributed by atoms with Crippen molar-refractivity contribution in [2.45, 2.75) is 71.4 Å². The van der Waals surface area contributed by atoms with Crippen molar-refractivity contribution in [3.8, 4) is 5.75 Å². The Morgan fingerprint density at radius 1 is 1.15 bits per heavy atom. The minimum absolute atomic E-state index is 0.0991. The average Bonchev–Trinajstić information content (AvgIpc) is 3.36. The number of aryl methyl sites for hydroxylation is 1. The number of ether oxygens (including phenoxy) is 1. The van der Waals surface area contributed by atoms with Crippen LogP contribution in [0.15, 0.2) is 42.7 Å². The number of methoxy groups -OCH3 is 1. The Morgan fingerprint density at radius 2 is 1.95 bits per heavy atom. The first kappa shape index (κ1) is 29.0. The van der Waals surface area contributed by atoms with Gasteiger partial charge in [0.05, 0.1) is 37.6 Å². The fraction of sp³-hybridized carbons (Fsp3) is 0.516. The quantitative estimate of drug-likeness (QED) is 0.332. The fourth-order valence-corrected chi connectivity index (χ4v) is 6.05. The second kappa shape index (κ2) is 11.8. The molecular formula is C31H39F2N5O3. The van der Waals surface area contributed by atoms with Crippen molar-refractivity contribution in [1.29, 1.82) is 0 Å². The van der Waals surface area contributed by atoms with E-state index in [4.69, 9.17) is 4.74 Å². The van der Waals surface area contributed by atoms with E-state index in [9.17, 15) is 18.4 Å². The van der Waals surface area contributed by atoms with Crippen LogP contribution in [-0.2, 0) is 17.8 Å². The summed E-state index contributed by atoms with van der Waals surface area (Å²) in [4.78, 5) is 31.3. The minimum atomic E-state index is -2.65. The number of pyridine rings is 1. The molecule has 3 aromatic rings. The molecule has 2 atom stereocenters. The number of carbonyl (C=O) groups is 2. The molecule has 0 radical (unpaired) electrons. The third kappa shape index (κ3) is 6.22. The summed E-state index contributed by atoms with van der Waals surface area (Å²) in [5, 5.41) is 4.47. The van der Waals surface area contributed by atoms with E-state index in [0.29, 0.717) is 23.9 Å². The maximum absolute atomic E-state index is 14.0. The first-order valence-electron chi connectivity index (χ1n) is 14.4. The zero-order chi connectivity index (χ0) is 29.3. The van der Waals surface area contributed by atoms with Gasteiger partial charge in [0, 0.05) is 37.2 Å². The van der Waals surface area contributed by atoms with Gasteiger partial charge in [-0.1, -0.05) is 19.1 Å². The molecule has 0 bridgehead atoms. The lowest BCUT2D eigenvalue weighted by atomic mass is 9.86. The Bertz CT molecular complexity index is 1420. The summed E-state index contributed by atoms with van der Waals surface area (Å²) in [6.45, 7) is 6.43. The number of hydrogen-bond acceptors (Lipinski definition) is 5. The number of hydrogen-bond donors (Lipinski definition) is 0. The minimum Gasteiger partial charge on any atom is -0.496 e. The van der Waals surface area contributed by atoms with Crippen LogP contribution in [-0.4, -0.2) is 70.1 Å². The largest absolute Gasteiger partial charge is 0.496 e. The maximum Gasteiger partial charge on any atom is 0.331 e. The molecule has 4 heterocycles. The fourth-order valence-electron chi connectivity index (χ4n) is 6.05. The smallest absolute Gasteiger partial charge is 0.331 e. The van der Waals surface area contributed by atoms with Gasteiger partial charge in [-0.15, -0.1) is 0 Å².